The molecule has 2 heterocycles. The van der Waals surface area contributed by atoms with Crippen molar-refractivity contribution < 1.29 is 9.21 Å². The average molecular weight is 292 g/mol. The van der Waals surface area contributed by atoms with Crippen molar-refractivity contribution in [1.82, 2.24) is 10.6 Å². The molecule has 1 fully saturated rings. The molecule has 2 rings (SSSR count). The SMILES string of the molecule is CC(CCc1ccco1)NC(=O)C(C)(C)C1CCCNC1. The first kappa shape index (κ1) is 16.1. The second kappa shape index (κ2) is 7.12. The van der Waals surface area contributed by atoms with Crippen LogP contribution in [0.15, 0.2) is 22.8 Å². The second-order valence-corrected chi connectivity index (χ2v) is 6.76. The van der Waals surface area contributed by atoms with Gasteiger partial charge in [-0.3, -0.25) is 4.79 Å². The molecule has 1 aromatic rings. The molecule has 0 bridgehead atoms. The van der Waals surface area contributed by atoms with E-state index in [9.17, 15) is 4.79 Å². The highest BCUT2D eigenvalue weighted by atomic mass is 16.3. The lowest BCUT2D eigenvalue weighted by molar-refractivity contribution is -0.133. The van der Waals surface area contributed by atoms with E-state index in [0.29, 0.717) is 5.92 Å². The van der Waals surface area contributed by atoms with Gasteiger partial charge in [0.05, 0.1) is 6.26 Å². The van der Waals surface area contributed by atoms with Gasteiger partial charge in [-0.2, -0.15) is 0 Å². The van der Waals surface area contributed by atoms with E-state index in [2.05, 4.69) is 31.4 Å². The lowest BCUT2D eigenvalue weighted by Crippen LogP contribution is -2.49. The maximum Gasteiger partial charge on any atom is 0.226 e. The number of hydrogen-bond donors (Lipinski definition) is 2. The molecule has 1 aliphatic rings. The minimum Gasteiger partial charge on any atom is -0.469 e. The minimum absolute atomic E-state index is 0.165. The first-order chi connectivity index (χ1) is 10.00. The van der Waals surface area contributed by atoms with E-state index < -0.39 is 0 Å². The molecule has 0 aliphatic carbocycles. The number of carbonyl (C=O) groups is 1. The number of furan rings is 1. The van der Waals surface area contributed by atoms with Crippen LogP contribution in [0.4, 0.5) is 0 Å². The zero-order chi connectivity index (χ0) is 15.3. The van der Waals surface area contributed by atoms with Gasteiger partial charge in [-0.25, -0.2) is 0 Å². The first-order valence-electron chi connectivity index (χ1n) is 8.04. The third-order valence-corrected chi connectivity index (χ3v) is 4.68. The fraction of sp³-hybridized carbons (Fsp3) is 0.706. The molecule has 2 unspecified atom stereocenters. The van der Waals surface area contributed by atoms with Crippen LogP contribution in [0.25, 0.3) is 0 Å². The van der Waals surface area contributed by atoms with Crippen molar-refractivity contribution in [2.75, 3.05) is 13.1 Å². The summed E-state index contributed by atoms with van der Waals surface area (Å²) in [5.41, 5.74) is -0.313. The third-order valence-electron chi connectivity index (χ3n) is 4.68. The summed E-state index contributed by atoms with van der Waals surface area (Å²) in [7, 11) is 0. The van der Waals surface area contributed by atoms with Crippen molar-refractivity contribution >= 4 is 5.91 Å². The van der Waals surface area contributed by atoms with Crippen molar-refractivity contribution in [3.63, 3.8) is 0 Å². The van der Waals surface area contributed by atoms with Gasteiger partial charge in [0.2, 0.25) is 5.91 Å². The lowest BCUT2D eigenvalue weighted by Gasteiger charge is -2.36. The Labute approximate surface area is 127 Å². The first-order valence-corrected chi connectivity index (χ1v) is 8.04. The molecule has 2 atom stereocenters. The van der Waals surface area contributed by atoms with Crippen LogP contribution < -0.4 is 10.6 Å². The topological polar surface area (TPSA) is 54.3 Å². The quantitative estimate of drug-likeness (QED) is 0.847. The highest BCUT2D eigenvalue weighted by molar-refractivity contribution is 5.82. The number of amides is 1. The van der Waals surface area contributed by atoms with Gasteiger partial charge in [-0.15, -0.1) is 0 Å². The summed E-state index contributed by atoms with van der Waals surface area (Å²) in [6.07, 6.45) is 5.75. The monoisotopic (exact) mass is 292 g/mol. The molecule has 0 aromatic carbocycles. The van der Waals surface area contributed by atoms with Crippen LogP contribution in [0.2, 0.25) is 0 Å². The van der Waals surface area contributed by atoms with Crippen molar-refractivity contribution in [3.05, 3.63) is 24.2 Å². The Morgan fingerprint density at radius 1 is 1.57 bits per heavy atom. The van der Waals surface area contributed by atoms with Gasteiger partial charge in [0, 0.05) is 17.9 Å². The van der Waals surface area contributed by atoms with Crippen LogP contribution in [0.1, 0.15) is 45.8 Å². The Hall–Kier alpha value is -1.29. The zero-order valence-corrected chi connectivity index (χ0v) is 13.4. The average Bonchev–Trinajstić information content (AvgIpc) is 2.99. The Balaban J connectivity index is 1.81. The molecular weight excluding hydrogens is 264 g/mol. The van der Waals surface area contributed by atoms with Crippen molar-refractivity contribution in [2.45, 2.75) is 52.5 Å². The Morgan fingerprint density at radius 2 is 2.38 bits per heavy atom. The molecule has 1 aromatic heterocycles. The molecule has 1 amide bonds. The Bertz CT molecular complexity index is 434. The van der Waals surface area contributed by atoms with E-state index in [-0.39, 0.29) is 17.4 Å². The minimum atomic E-state index is -0.313. The van der Waals surface area contributed by atoms with Crippen LogP contribution in [0.5, 0.6) is 0 Å². The highest BCUT2D eigenvalue weighted by Gasteiger charge is 2.37. The maximum atomic E-state index is 12.6. The summed E-state index contributed by atoms with van der Waals surface area (Å²) in [6, 6.07) is 4.04. The molecule has 4 heteroatoms. The molecule has 118 valence electrons. The van der Waals surface area contributed by atoms with E-state index in [1.807, 2.05) is 12.1 Å². The molecular formula is C17H28N2O2. The van der Waals surface area contributed by atoms with Gasteiger partial charge in [0.1, 0.15) is 5.76 Å². The van der Waals surface area contributed by atoms with Gasteiger partial charge in [-0.1, -0.05) is 13.8 Å². The normalized spacial score (nSPS) is 21.0. The van der Waals surface area contributed by atoms with Crippen LogP contribution in [0, 0.1) is 11.3 Å². The van der Waals surface area contributed by atoms with Crippen molar-refractivity contribution in [1.29, 1.82) is 0 Å². The number of nitrogens with one attached hydrogen (secondary N) is 2. The zero-order valence-electron chi connectivity index (χ0n) is 13.4. The van der Waals surface area contributed by atoms with Gasteiger partial charge >= 0.3 is 0 Å². The van der Waals surface area contributed by atoms with Gasteiger partial charge in [-0.05, 0) is 57.3 Å². The van der Waals surface area contributed by atoms with E-state index in [1.165, 1.54) is 0 Å². The molecule has 0 spiro atoms. The molecule has 0 saturated carbocycles. The summed E-state index contributed by atoms with van der Waals surface area (Å²) >= 11 is 0. The van der Waals surface area contributed by atoms with E-state index in [4.69, 9.17) is 4.42 Å². The number of piperidine rings is 1. The standard InChI is InChI=1S/C17H28N2O2/c1-13(8-9-15-7-5-11-21-15)19-16(20)17(2,3)14-6-4-10-18-12-14/h5,7,11,13-14,18H,4,6,8-10,12H2,1-3H3,(H,19,20). The summed E-state index contributed by atoms with van der Waals surface area (Å²) in [5, 5.41) is 6.57. The van der Waals surface area contributed by atoms with Gasteiger partial charge < -0.3 is 15.1 Å². The van der Waals surface area contributed by atoms with E-state index in [0.717, 1.165) is 44.5 Å². The maximum absolute atomic E-state index is 12.6. The summed E-state index contributed by atoms with van der Waals surface area (Å²) < 4.78 is 5.33. The number of carbonyl (C=O) groups excluding carboxylic acids is 1. The van der Waals surface area contributed by atoms with Crippen LogP contribution in [0.3, 0.4) is 0 Å². The molecule has 1 saturated heterocycles. The van der Waals surface area contributed by atoms with E-state index >= 15 is 0 Å². The largest absolute Gasteiger partial charge is 0.469 e. The fourth-order valence-electron chi connectivity index (χ4n) is 2.95. The Kier molecular flexibility index (Phi) is 5.45. The predicted molar refractivity (Wildman–Crippen MR) is 84.0 cm³/mol. The lowest BCUT2D eigenvalue weighted by atomic mass is 9.74. The molecule has 2 N–H and O–H groups in total. The van der Waals surface area contributed by atoms with Gasteiger partial charge in [0.15, 0.2) is 0 Å². The summed E-state index contributed by atoms with van der Waals surface area (Å²) in [5.74, 6) is 1.57. The van der Waals surface area contributed by atoms with E-state index in [1.54, 1.807) is 6.26 Å². The van der Waals surface area contributed by atoms with Crippen LogP contribution in [-0.2, 0) is 11.2 Å². The fourth-order valence-corrected chi connectivity index (χ4v) is 2.95. The second-order valence-electron chi connectivity index (χ2n) is 6.76. The molecule has 1 aliphatic heterocycles. The van der Waals surface area contributed by atoms with Crippen molar-refractivity contribution in [2.24, 2.45) is 11.3 Å². The molecule has 21 heavy (non-hydrogen) atoms. The third kappa shape index (κ3) is 4.34. The molecule has 4 nitrogen and oxygen atoms in total. The molecule has 0 radical (unpaired) electrons. The summed E-state index contributed by atoms with van der Waals surface area (Å²) in [6.45, 7) is 8.23. The van der Waals surface area contributed by atoms with Crippen LogP contribution in [-0.4, -0.2) is 25.0 Å². The summed E-state index contributed by atoms with van der Waals surface area (Å²) in [4.78, 5) is 12.6. The van der Waals surface area contributed by atoms with Crippen LogP contribution >= 0.6 is 0 Å². The number of hydrogen-bond acceptors (Lipinski definition) is 3. The van der Waals surface area contributed by atoms with Crippen molar-refractivity contribution in [3.8, 4) is 0 Å². The van der Waals surface area contributed by atoms with Gasteiger partial charge in [0.25, 0.3) is 0 Å². The smallest absolute Gasteiger partial charge is 0.226 e. The Morgan fingerprint density at radius 3 is 3.00 bits per heavy atom. The number of rotatable bonds is 6. The highest BCUT2D eigenvalue weighted by Crippen LogP contribution is 2.32. The predicted octanol–water partition coefficient (Wildman–Crippen LogP) is 2.74. The number of aryl methyl sites for hydroxylation is 1.